The normalized spacial score (nSPS) is 18.1. The van der Waals surface area contributed by atoms with Crippen molar-refractivity contribution < 1.29 is 4.79 Å². The summed E-state index contributed by atoms with van der Waals surface area (Å²) in [6.45, 7) is 9.68. The molecule has 2 heterocycles. The van der Waals surface area contributed by atoms with Gasteiger partial charge in [-0.25, -0.2) is 9.78 Å². The molecule has 1 unspecified atom stereocenters. The van der Waals surface area contributed by atoms with Gasteiger partial charge >= 0.3 is 6.03 Å². The summed E-state index contributed by atoms with van der Waals surface area (Å²) in [5.74, 6) is 0.990. The third kappa shape index (κ3) is 4.12. The molecule has 0 saturated carbocycles. The molecule has 1 aliphatic heterocycles. The van der Waals surface area contributed by atoms with Crippen LogP contribution in [0.5, 0.6) is 0 Å². The largest absolute Gasteiger partial charge is 0.357 e. The Balaban J connectivity index is 1.87. The monoisotopic (exact) mass is 304 g/mol. The van der Waals surface area contributed by atoms with Crippen molar-refractivity contribution in [2.75, 3.05) is 24.5 Å². The molecule has 0 bridgehead atoms. The quantitative estimate of drug-likeness (QED) is 0.909. The first-order chi connectivity index (χ1) is 10.7. The van der Waals surface area contributed by atoms with E-state index >= 15 is 0 Å². The third-order valence-electron chi connectivity index (χ3n) is 4.40. The molecule has 1 saturated heterocycles. The Bertz CT molecular complexity index is 470. The number of nitrogens with zero attached hydrogens (tertiary/aromatic N) is 3. The zero-order valence-corrected chi connectivity index (χ0v) is 14.0. The first kappa shape index (κ1) is 16.6. The molecule has 1 N–H and O–H groups in total. The van der Waals surface area contributed by atoms with Crippen LogP contribution in [0.25, 0.3) is 0 Å². The molecule has 22 heavy (non-hydrogen) atoms. The Morgan fingerprint density at radius 2 is 2.14 bits per heavy atom. The van der Waals surface area contributed by atoms with Gasteiger partial charge in [0.05, 0.1) is 0 Å². The Hall–Kier alpha value is -1.78. The van der Waals surface area contributed by atoms with Gasteiger partial charge in [0, 0.05) is 38.4 Å². The van der Waals surface area contributed by atoms with E-state index in [0.717, 1.165) is 43.9 Å². The number of nitrogens with one attached hydrogen (secondary N) is 1. The summed E-state index contributed by atoms with van der Waals surface area (Å²) in [4.78, 5) is 20.9. The van der Waals surface area contributed by atoms with Crippen molar-refractivity contribution in [1.82, 2.24) is 15.2 Å². The van der Waals surface area contributed by atoms with Gasteiger partial charge in [0.15, 0.2) is 0 Å². The van der Waals surface area contributed by atoms with E-state index in [9.17, 15) is 4.79 Å². The third-order valence-corrected chi connectivity index (χ3v) is 4.40. The first-order valence-electron chi connectivity index (χ1n) is 8.40. The maximum Gasteiger partial charge on any atom is 0.317 e. The van der Waals surface area contributed by atoms with Crippen LogP contribution in [0.4, 0.5) is 10.6 Å². The summed E-state index contributed by atoms with van der Waals surface area (Å²) in [6.07, 6.45) is 5.29. The highest BCUT2D eigenvalue weighted by atomic mass is 16.2. The van der Waals surface area contributed by atoms with Crippen molar-refractivity contribution in [2.45, 2.75) is 52.6 Å². The zero-order chi connectivity index (χ0) is 15.9. The van der Waals surface area contributed by atoms with Gasteiger partial charge in [-0.2, -0.15) is 0 Å². The molecule has 122 valence electrons. The maximum atomic E-state index is 12.2. The summed E-state index contributed by atoms with van der Waals surface area (Å²) < 4.78 is 0. The van der Waals surface area contributed by atoms with Crippen LogP contribution < -0.4 is 10.2 Å². The molecule has 0 radical (unpaired) electrons. The van der Waals surface area contributed by atoms with Crippen molar-refractivity contribution in [2.24, 2.45) is 0 Å². The molecule has 1 aromatic rings. The molecule has 5 nitrogen and oxygen atoms in total. The van der Waals surface area contributed by atoms with Crippen LogP contribution in [0.2, 0.25) is 0 Å². The van der Waals surface area contributed by atoms with Crippen LogP contribution in [0.3, 0.4) is 0 Å². The number of aromatic nitrogens is 1. The fourth-order valence-electron chi connectivity index (χ4n) is 2.93. The van der Waals surface area contributed by atoms with E-state index in [1.54, 1.807) is 0 Å². The minimum atomic E-state index is 0.0417. The van der Waals surface area contributed by atoms with E-state index in [-0.39, 0.29) is 6.03 Å². The lowest BCUT2D eigenvalue weighted by atomic mass is 10.0. The fourth-order valence-corrected chi connectivity index (χ4v) is 2.93. The number of hydrogen-bond donors (Lipinski definition) is 1. The Morgan fingerprint density at radius 3 is 2.73 bits per heavy atom. The van der Waals surface area contributed by atoms with E-state index in [1.807, 2.05) is 23.2 Å². The Morgan fingerprint density at radius 1 is 1.36 bits per heavy atom. The average Bonchev–Trinajstić information content (AvgIpc) is 2.55. The van der Waals surface area contributed by atoms with Gasteiger partial charge in [0.25, 0.3) is 0 Å². The summed E-state index contributed by atoms with van der Waals surface area (Å²) in [7, 11) is 0. The standard InChI is InChI=1S/C17H28N4O/c1-4-20(5-2)16-10-9-15(12-18-16)13-19-17(22)21-11-7-6-8-14(21)3/h9-10,12,14H,4-8,11,13H2,1-3H3,(H,19,22). The van der Waals surface area contributed by atoms with Gasteiger partial charge in [0.2, 0.25) is 0 Å². The SMILES string of the molecule is CCN(CC)c1ccc(CNC(=O)N2CCCCC2C)cn1. The van der Waals surface area contributed by atoms with E-state index in [2.05, 4.69) is 36.0 Å². The molecular formula is C17H28N4O. The fraction of sp³-hybridized carbons (Fsp3) is 0.647. The highest BCUT2D eigenvalue weighted by Gasteiger charge is 2.22. The molecule has 2 amide bonds. The van der Waals surface area contributed by atoms with Crippen LogP contribution in [0.1, 0.15) is 45.6 Å². The second kappa shape index (κ2) is 8.01. The van der Waals surface area contributed by atoms with Gasteiger partial charge in [-0.3, -0.25) is 0 Å². The number of pyridine rings is 1. The summed E-state index contributed by atoms with van der Waals surface area (Å²) in [5, 5.41) is 3.01. The summed E-state index contributed by atoms with van der Waals surface area (Å²) in [6, 6.07) is 4.45. The van der Waals surface area contributed by atoms with Crippen molar-refractivity contribution in [1.29, 1.82) is 0 Å². The molecule has 0 spiro atoms. The first-order valence-corrected chi connectivity index (χ1v) is 8.40. The van der Waals surface area contributed by atoms with Crippen LogP contribution in [-0.2, 0) is 6.54 Å². The molecule has 1 fully saturated rings. The lowest BCUT2D eigenvalue weighted by molar-refractivity contribution is 0.158. The highest BCUT2D eigenvalue weighted by molar-refractivity contribution is 5.74. The van der Waals surface area contributed by atoms with E-state index < -0.39 is 0 Å². The molecule has 1 atom stereocenters. The highest BCUT2D eigenvalue weighted by Crippen LogP contribution is 2.16. The molecular weight excluding hydrogens is 276 g/mol. The van der Waals surface area contributed by atoms with Crippen LogP contribution >= 0.6 is 0 Å². The number of amides is 2. The van der Waals surface area contributed by atoms with E-state index in [0.29, 0.717) is 12.6 Å². The molecule has 0 aromatic carbocycles. The topological polar surface area (TPSA) is 48.5 Å². The van der Waals surface area contributed by atoms with E-state index in [4.69, 9.17) is 0 Å². The van der Waals surface area contributed by atoms with Gasteiger partial charge in [0.1, 0.15) is 5.82 Å². The predicted octanol–water partition coefficient (Wildman–Crippen LogP) is 3.01. The second-order valence-electron chi connectivity index (χ2n) is 5.89. The van der Waals surface area contributed by atoms with Crippen molar-refractivity contribution in [3.63, 3.8) is 0 Å². The minimum Gasteiger partial charge on any atom is -0.357 e. The van der Waals surface area contributed by atoms with Gasteiger partial charge in [-0.15, -0.1) is 0 Å². The maximum absolute atomic E-state index is 12.2. The van der Waals surface area contributed by atoms with Crippen molar-refractivity contribution in [3.05, 3.63) is 23.9 Å². The number of anilines is 1. The van der Waals surface area contributed by atoms with Gasteiger partial charge in [-0.05, 0) is 51.7 Å². The number of carbonyl (C=O) groups is 1. The number of urea groups is 1. The number of hydrogen-bond acceptors (Lipinski definition) is 3. The van der Waals surface area contributed by atoms with Gasteiger partial charge in [-0.1, -0.05) is 6.07 Å². The van der Waals surface area contributed by atoms with Crippen LogP contribution in [0, 0.1) is 0 Å². The minimum absolute atomic E-state index is 0.0417. The van der Waals surface area contributed by atoms with E-state index in [1.165, 1.54) is 6.42 Å². The number of likely N-dealkylation sites (tertiary alicyclic amines) is 1. The second-order valence-corrected chi connectivity index (χ2v) is 5.89. The summed E-state index contributed by atoms with van der Waals surface area (Å²) >= 11 is 0. The Labute approximate surface area is 133 Å². The summed E-state index contributed by atoms with van der Waals surface area (Å²) in [5.41, 5.74) is 1.04. The van der Waals surface area contributed by atoms with Crippen molar-refractivity contribution in [3.8, 4) is 0 Å². The molecule has 1 aliphatic rings. The average molecular weight is 304 g/mol. The number of carbonyl (C=O) groups excluding carboxylic acids is 1. The van der Waals surface area contributed by atoms with Crippen LogP contribution in [0.15, 0.2) is 18.3 Å². The molecule has 2 rings (SSSR count). The van der Waals surface area contributed by atoms with Crippen LogP contribution in [-0.4, -0.2) is 41.6 Å². The Kier molecular flexibility index (Phi) is 6.04. The molecule has 5 heteroatoms. The lowest BCUT2D eigenvalue weighted by Gasteiger charge is -2.33. The van der Waals surface area contributed by atoms with Crippen molar-refractivity contribution >= 4 is 11.8 Å². The zero-order valence-electron chi connectivity index (χ0n) is 14.0. The lowest BCUT2D eigenvalue weighted by Crippen LogP contribution is -2.47. The number of rotatable bonds is 5. The predicted molar refractivity (Wildman–Crippen MR) is 90.1 cm³/mol. The van der Waals surface area contributed by atoms with Gasteiger partial charge < -0.3 is 15.1 Å². The molecule has 0 aliphatic carbocycles. The molecule has 1 aromatic heterocycles. The smallest absolute Gasteiger partial charge is 0.317 e. The number of piperidine rings is 1.